The van der Waals surface area contributed by atoms with Crippen LogP contribution in [0.1, 0.15) is 27.8 Å². The van der Waals surface area contributed by atoms with Gasteiger partial charge in [-0.25, -0.2) is 0 Å². The predicted molar refractivity (Wildman–Crippen MR) is 206 cm³/mol. The van der Waals surface area contributed by atoms with Crippen LogP contribution in [0.15, 0.2) is 194 Å². The van der Waals surface area contributed by atoms with E-state index in [0.717, 1.165) is 17.1 Å². The Morgan fingerprint density at radius 3 is 1.67 bits per heavy atom. The molecule has 1 nitrogen and oxygen atoms in total. The Hall–Kier alpha value is -6.18. The summed E-state index contributed by atoms with van der Waals surface area (Å²) >= 11 is 0. The molecule has 0 radical (unpaired) electrons. The Balaban J connectivity index is 1.30. The molecule has 9 rings (SSSR count). The summed E-state index contributed by atoms with van der Waals surface area (Å²) in [5, 5.41) is 2.44. The van der Waals surface area contributed by atoms with E-state index in [-0.39, 0.29) is 0 Å². The van der Waals surface area contributed by atoms with Crippen molar-refractivity contribution < 1.29 is 0 Å². The van der Waals surface area contributed by atoms with Gasteiger partial charge in [0.05, 0.1) is 11.1 Å². The third kappa shape index (κ3) is 4.70. The Kier molecular flexibility index (Phi) is 6.99. The lowest BCUT2D eigenvalue weighted by Crippen LogP contribution is -2.28. The maximum Gasteiger partial charge on any atom is 0.0714 e. The van der Waals surface area contributed by atoms with Crippen molar-refractivity contribution in [3.05, 3.63) is 222 Å². The van der Waals surface area contributed by atoms with Crippen molar-refractivity contribution in [2.24, 2.45) is 0 Å². The normalized spacial score (nSPS) is 12.8. The number of fused-ring (bicyclic) bond motifs is 4. The van der Waals surface area contributed by atoms with Gasteiger partial charge in [-0.15, -0.1) is 0 Å². The molecule has 1 aliphatic rings. The van der Waals surface area contributed by atoms with Gasteiger partial charge in [0.25, 0.3) is 0 Å². The highest BCUT2D eigenvalue weighted by molar-refractivity contribution is 5.99. The molecule has 8 aromatic carbocycles. The number of rotatable bonds is 6. The van der Waals surface area contributed by atoms with E-state index in [9.17, 15) is 0 Å². The number of hydrogen-bond acceptors (Lipinski definition) is 1. The first-order valence-corrected chi connectivity index (χ1v) is 17.0. The third-order valence-electron chi connectivity index (χ3n) is 10.2. The van der Waals surface area contributed by atoms with Gasteiger partial charge < -0.3 is 4.90 Å². The van der Waals surface area contributed by atoms with E-state index in [1.807, 2.05) is 0 Å². The molecule has 0 unspecified atom stereocenters. The van der Waals surface area contributed by atoms with E-state index < -0.39 is 5.41 Å². The van der Waals surface area contributed by atoms with Crippen molar-refractivity contribution in [3.63, 3.8) is 0 Å². The highest BCUT2D eigenvalue weighted by Gasteiger charge is 2.46. The van der Waals surface area contributed by atoms with Crippen LogP contribution < -0.4 is 4.90 Å². The first-order valence-electron chi connectivity index (χ1n) is 17.0. The molecule has 1 heteroatoms. The summed E-state index contributed by atoms with van der Waals surface area (Å²) in [4.78, 5) is 2.44. The summed E-state index contributed by atoms with van der Waals surface area (Å²) in [6.45, 7) is 2.13. The summed E-state index contributed by atoms with van der Waals surface area (Å²) in [5.41, 5.74) is 14.3. The summed E-state index contributed by atoms with van der Waals surface area (Å²) in [7, 11) is 0. The SMILES string of the molecule is Cc1ccc(-c2ccc(N(c3ccc4c(c3)C(c3ccccc3)(c3ccccc3)c3ccccc3-4)c3cccc4ccccc34)cc2)cc1. The minimum absolute atomic E-state index is 0.468. The molecule has 0 N–H and O–H groups in total. The molecule has 0 bridgehead atoms. The number of hydrogen-bond donors (Lipinski definition) is 0. The maximum absolute atomic E-state index is 2.45. The number of nitrogens with zero attached hydrogens (tertiary/aromatic N) is 1. The van der Waals surface area contributed by atoms with Crippen molar-refractivity contribution in [1.82, 2.24) is 0 Å². The number of aryl methyl sites for hydroxylation is 1. The van der Waals surface area contributed by atoms with Crippen molar-refractivity contribution in [3.8, 4) is 22.3 Å². The first-order chi connectivity index (χ1) is 24.2. The zero-order valence-electron chi connectivity index (χ0n) is 27.4. The Labute approximate surface area is 288 Å². The van der Waals surface area contributed by atoms with Gasteiger partial charge in [0.2, 0.25) is 0 Å². The van der Waals surface area contributed by atoms with Gasteiger partial charge in [-0.3, -0.25) is 0 Å². The summed E-state index contributed by atoms with van der Waals surface area (Å²) in [6.07, 6.45) is 0. The second-order valence-corrected chi connectivity index (χ2v) is 13.0. The molecule has 0 saturated heterocycles. The van der Waals surface area contributed by atoms with Crippen molar-refractivity contribution >= 4 is 27.8 Å². The van der Waals surface area contributed by atoms with Crippen LogP contribution in [0.4, 0.5) is 17.1 Å². The average Bonchev–Trinajstić information content (AvgIpc) is 3.47. The van der Waals surface area contributed by atoms with Crippen LogP contribution in [0.2, 0.25) is 0 Å². The van der Waals surface area contributed by atoms with Crippen molar-refractivity contribution in [2.75, 3.05) is 4.90 Å². The highest BCUT2D eigenvalue weighted by Crippen LogP contribution is 2.57. The maximum atomic E-state index is 2.45. The van der Waals surface area contributed by atoms with Gasteiger partial charge in [0.1, 0.15) is 0 Å². The van der Waals surface area contributed by atoms with E-state index in [0.29, 0.717) is 0 Å². The summed E-state index contributed by atoms with van der Waals surface area (Å²) in [6, 6.07) is 71.2. The minimum Gasteiger partial charge on any atom is -0.310 e. The molecule has 232 valence electrons. The highest BCUT2D eigenvalue weighted by atomic mass is 15.1. The fourth-order valence-corrected chi connectivity index (χ4v) is 7.95. The first kappa shape index (κ1) is 29.0. The lowest BCUT2D eigenvalue weighted by Gasteiger charge is -2.35. The van der Waals surface area contributed by atoms with Crippen molar-refractivity contribution in [1.29, 1.82) is 0 Å². The lowest BCUT2D eigenvalue weighted by atomic mass is 9.67. The van der Waals surface area contributed by atoms with Crippen molar-refractivity contribution in [2.45, 2.75) is 12.3 Å². The largest absolute Gasteiger partial charge is 0.310 e. The monoisotopic (exact) mass is 625 g/mol. The topological polar surface area (TPSA) is 3.24 Å². The lowest BCUT2D eigenvalue weighted by molar-refractivity contribution is 0.768. The summed E-state index contributed by atoms with van der Waals surface area (Å²) in [5.74, 6) is 0. The van der Waals surface area contributed by atoms with Crippen LogP contribution in [-0.4, -0.2) is 0 Å². The second-order valence-electron chi connectivity index (χ2n) is 13.0. The summed E-state index contributed by atoms with van der Waals surface area (Å²) < 4.78 is 0. The van der Waals surface area contributed by atoms with Gasteiger partial charge in [0, 0.05) is 16.8 Å². The average molecular weight is 626 g/mol. The fourth-order valence-electron chi connectivity index (χ4n) is 7.95. The quantitative estimate of drug-likeness (QED) is 0.178. The molecule has 0 amide bonds. The second kappa shape index (κ2) is 11.8. The van der Waals surface area contributed by atoms with E-state index in [1.165, 1.54) is 60.8 Å². The molecule has 0 aliphatic heterocycles. The number of benzene rings is 8. The molecule has 0 saturated carbocycles. The fraction of sp³-hybridized carbons (Fsp3) is 0.0417. The van der Waals surface area contributed by atoms with Crippen LogP contribution in [0.5, 0.6) is 0 Å². The van der Waals surface area contributed by atoms with Crippen LogP contribution in [-0.2, 0) is 5.41 Å². The molecule has 1 aliphatic carbocycles. The van der Waals surface area contributed by atoms with Gasteiger partial charge in [-0.2, -0.15) is 0 Å². The van der Waals surface area contributed by atoms with Crippen LogP contribution in [0.25, 0.3) is 33.0 Å². The minimum atomic E-state index is -0.468. The Morgan fingerprint density at radius 1 is 0.408 bits per heavy atom. The molecule has 49 heavy (non-hydrogen) atoms. The van der Waals surface area contributed by atoms with Gasteiger partial charge in [0.15, 0.2) is 0 Å². The number of anilines is 3. The van der Waals surface area contributed by atoms with Gasteiger partial charge >= 0.3 is 0 Å². The third-order valence-corrected chi connectivity index (χ3v) is 10.2. The van der Waals surface area contributed by atoms with E-state index in [1.54, 1.807) is 0 Å². The Bertz CT molecular complexity index is 2380. The Morgan fingerprint density at radius 2 is 0.959 bits per heavy atom. The smallest absolute Gasteiger partial charge is 0.0714 e. The zero-order chi connectivity index (χ0) is 32.8. The molecule has 0 heterocycles. The predicted octanol–water partition coefficient (Wildman–Crippen LogP) is 12.6. The molecule has 0 spiro atoms. The molecule has 0 atom stereocenters. The molecule has 8 aromatic rings. The molecular weight excluding hydrogens is 591 g/mol. The van der Waals surface area contributed by atoms with Gasteiger partial charge in [-0.1, -0.05) is 169 Å². The zero-order valence-corrected chi connectivity index (χ0v) is 27.4. The van der Waals surface area contributed by atoms with Crippen LogP contribution >= 0.6 is 0 Å². The molecule has 0 fully saturated rings. The van der Waals surface area contributed by atoms with E-state index in [2.05, 4.69) is 206 Å². The van der Waals surface area contributed by atoms with E-state index >= 15 is 0 Å². The van der Waals surface area contributed by atoms with Crippen LogP contribution in [0.3, 0.4) is 0 Å². The molecular formula is C48H35N. The van der Waals surface area contributed by atoms with E-state index in [4.69, 9.17) is 0 Å². The van der Waals surface area contributed by atoms with Gasteiger partial charge in [-0.05, 0) is 87.1 Å². The van der Waals surface area contributed by atoms with Crippen LogP contribution in [0, 0.1) is 6.92 Å². The molecule has 0 aromatic heterocycles. The standard InChI is InChI=1S/C48H35N/c1-34-23-25-35(26-24-34)36-27-29-40(30-28-36)49(47-22-12-14-37-13-8-9-19-42(37)47)41-31-32-44-43-20-10-11-21-45(43)48(46(44)33-41,38-15-4-2-5-16-38)39-17-6-3-7-18-39/h2-33H,1H3.